The monoisotopic (exact) mass is 291 g/mol. The molecule has 3 N–H and O–H groups in total. The van der Waals surface area contributed by atoms with Gasteiger partial charge >= 0.3 is 11.1 Å². The van der Waals surface area contributed by atoms with Crippen LogP contribution in [0.1, 0.15) is 18.1 Å². The minimum atomic E-state index is -1.06. The van der Waals surface area contributed by atoms with Gasteiger partial charge in [-0.3, -0.25) is 19.2 Å². The number of fused-ring (bicyclic) bond motifs is 1. The number of nitrogen functional groups attached to an aromatic ring is 1. The largest absolute Gasteiger partial charge is 0.495 e. The van der Waals surface area contributed by atoms with E-state index in [1.54, 1.807) is 0 Å². The predicted octanol–water partition coefficient (Wildman–Crippen LogP) is -0.100. The number of Topliss-reactive ketones (excluding diaryl/α,β-unsaturated/α-hetero) is 1. The van der Waals surface area contributed by atoms with Crippen LogP contribution in [-0.4, -0.2) is 28.4 Å². The van der Waals surface area contributed by atoms with Crippen LogP contribution in [0.25, 0.3) is 11.0 Å². The number of ketones is 1. The van der Waals surface area contributed by atoms with Crippen LogP contribution in [0.5, 0.6) is 5.75 Å². The summed E-state index contributed by atoms with van der Waals surface area (Å²) in [5, 5.41) is 0. The lowest BCUT2D eigenvalue weighted by molar-refractivity contribution is -0.116. The zero-order chi connectivity index (χ0) is 15.7. The highest BCUT2D eigenvalue weighted by Crippen LogP contribution is 2.25. The molecule has 110 valence electrons. The second-order valence-corrected chi connectivity index (χ2v) is 4.48. The Morgan fingerprint density at radius 2 is 2.00 bits per heavy atom. The fourth-order valence-electron chi connectivity index (χ4n) is 1.97. The fraction of sp³-hybridized carbons (Fsp3) is 0.231. The maximum absolute atomic E-state index is 12.0. The lowest BCUT2D eigenvalue weighted by Crippen LogP contribution is -2.40. The average Bonchev–Trinajstić information content (AvgIpc) is 2.39. The van der Waals surface area contributed by atoms with Crippen molar-refractivity contribution in [2.75, 3.05) is 12.8 Å². The number of aromatic nitrogens is 2. The molecule has 21 heavy (non-hydrogen) atoms. The second kappa shape index (κ2) is 5.23. The highest BCUT2D eigenvalue weighted by molar-refractivity contribution is 6.01. The number of nitrogens with one attached hydrogen (secondary N) is 1. The summed E-state index contributed by atoms with van der Waals surface area (Å²) in [6.07, 6.45) is -0.482. The van der Waals surface area contributed by atoms with Gasteiger partial charge < -0.3 is 15.5 Å². The van der Waals surface area contributed by atoms with Crippen molar-refractivity contribution in [3.8, 4) is 5.75 Å². The predicted molar refractivity (Wildman–Crippen MR) is 75.7 cm³/mol. The second-order valence-electron chi connectivity index (χ2n) is 4.48. The van der Waals surface area contributed by atoms with Gasteiger partial charge in [-0.15, -0.1) is 0 Å². The van der Waals surface area contributed by atoms with E-state index in [4.69, 9.17) is 10.5 Å². The summed E-state index contributed by atoms with van der Waals surface area (Å²) < 4.78 is 5.67. The van der Waals surface area contributed by atoms with Crippen LogP contribution in [-0.2, 0) is 4.79 Å². The smallest absolute Gasteiger partial charge is 0.323 e. The van der Waals surface area contributed by atoms with E-state index in [0.29, 0.717) is 10.3 Å². The standard InChI is InChI=1S/C13H13N3O5/c1-6(17)3-11(18)16-9-4-7(14)10(21-2)5-8(9)15-12(19)13(16)20/h4-5H,3,14H2,1-2H3,(H,15,19). The number of nitrogens with two attached hydrogens (primary N) is 1. The SMILES string of the molecule is COc1cc2[nH]c(=O)c(=O)n(C(=O)CC(C)=O)c2cc1N. The van der Waals surface area contributed by atoms with E-state index >= 15 is 0 Å². The number of methoxy groups -OCH3 is 1. The molecule has 0 fully saturated rings. The third kappa shape index (κ3) is 2.55. The molecule has 0 atom stereocenters. The molecule has 2 aromatic rings. The van der Waals surface area contributed by atoms with Gasteiger partial charge in [-0.05, 0) is 13.0 Å². The molecule has 0 saturated carbocycles. The van der Waals surface area contributed by atoms with Crippen LogP contribution in [0.2, 0.25) is 0 Å². The molecule has 0 amide bonds. The Labute approximate surface area is 118 Å². The molecule has 2 rings (SSSR count). The van der Waals surface area contributed by atoms with Crippen LogP contribution in [0.3, 0.4) is 0 Å². The number of anilines is 1. The molecule has 0 bridgehead atoms. The summed E-state index contributed by atoms with van der Waals surface area (Å²) in [5.74, 6) is -0.905. The summed E-state index contributed by atoms with van der Waals surface area (Å²) in [4.78, 5) is 48.9. The summed E-state index contributed by atoms with van der Waals surface area (Å²) in [7, 11) is 1.40. The molecule has 1 heterocycles. The minimum Gasteiger partial charge on any atom is -0.495 e. The number of aromatic amines is 1. The van der Waals surface area contributed by atoms with Crippen molar-refractivity contribution in [3.63, 3.8) is 0 Å². The Hall–Kier alpha value is -2.90. The number of hydrogen-bond donors (Lipinski definition) is 2. The molecule has 0 spiro atoms. The van der Waals surface area contributed by atoms with E-state index in [0.717, 1.165) is 0 Å². The number of benzene rings is 1. The molecule has 0 radical (unpaired) electrons. The van der Waals surface area contributed by atoms with Gasteiger partial charge in [0.05, 0.1) is 30.3 Å². The van der Waals surface area contributed by atoms with E-state index in [1.807, 2.05) is 0 Å². The maximum atomic E-state index is 12.0. The first-order valence-corrected chi connectivity index (χ1v) is 6.00. The van der Waals surface area contributed by atoms with E-state index in [1.165, 1.54) is 26.2 Å². The Bertz CT molecular complexity index is 862. The van der Waals surface area contributed by atoms with Crippen LogP contribution >= 0.6 is 0 Å². The van der Waals surface area contributed by atoms with Crippen molar-refractivity contribution in [1.82, 2.24) is 9.55 Å². The van der Waals surface area contributed by atoms with Crippen LogP contribution in [0.4, 0.5) is 5.69 Å². The molecule has 0 unspecified atom stereocenters. The van der Waals surface area contributed by atoms with Gasteiger partial charge in [0.25, 0.3) is 0 Å². The van der Waals surface area contributed by atoms with Gasteiger partial charge in [0.1, 0.15) is 11.5 Å². The number of hydrogen-bond acceptors (Lipinski definition) is 6. The zero-order valence-corrected chi connectivity index (χ0v) is 11.4. The van der Waals surface area contributed by atoms with Crippen LogP contribution < -0.4 is 21.6 Å². The van der Waals surface area contributed by atoms with Gasteiger partial charge in [-0.1, -0.05) is 0 Å². The Balaban J connectivity index is 2.85. The number of carbonyl (C=O) groups is 2. The summed E-state index contributed by atoms with van der Waals surface area (Å²) >= 11 is 0. The molecular weight excluding hydrogens is 278 g/mol. The Morgan fingerprint density at radius 1 is 1.33 bits per heavy atom. The van der Waals surface area contributed by atoms with Gasteiger partial charge in [0, 0.05) is 6.07 Å². The molecule has 0 aliphatic heterocycles. The highest BCUT2D eigenvalue weighted by atomic mass is 16.5. The first-order valence-electron chi connectivity index (χ1n) is 6.00. The molecule has 1 aromatic heterocycles. The van der Waals surface area contributed by atoms with E-state index in [9.17, 15) is 19.2 Å². The fourth-order valence-corrected chi connectivity index (χ4v) is 1.97. The molecule has 8 nitrogen and oxygen atoms in total. The van der Waals surface area contributed by atoms with Crippen molar-refractivity contribution in [3.05, 3.63) is 32.8 Å². The van der Waals surface area contributed by atoms with Crippen LogP contribution in [0.15, 0.2) is 21.7 Å². The van der Waals surface area contributed by atoms with Gasteiger partial charge in [-0.2, -0.15) is 0 Å². The molecule has 0 saturated heterocycles. The lowest BCUT2D eigenvalue weighted by Gasteiger charge is -2.10. The summed E-state index contributed by atoms with van der Waals surface area (Å²) in [6, 6.07) is 2.74. The topological polar surface area (TPSA) is 124 Å². The van der Waals surface area contributed by atoms with Crippen molar-refractivity contribution in [2.24, 2.45) is 0 Å². The third-order valence-corrected chi connectivity index (χ3v) is 2.88. The van der Waals surface area contributed by atoms with Crippen molar-refractivity contribution < 1.29 is 14.3 Å². The van der Waals surface area contributed by atoms with Crippen molar-refractivity contribution in [2.45, 2.75) is 13.3 Å². The molecule has 0 aliphatic carbocycles. The summed E-state index contributed by atoms with van der Waals surface area (Å²) in [6.45, 7) is 1.22. The lowest BCUT2D eigenvalue weighted by atomic mass is 10.2. The molecule has 1 aromatic carbocycles. The highest BCUT2D eigenvalue weighted by Gasteiger charge is 2.17. The van der Waals surface area contributed by atoms with E-state index in [-0.39, 0.29) is 16.7 Å². The summed E-state index contributed by atoms with van der Waals surface area (Å²) in [5.41, 5.74) is 4.24. The number of carbonyl (C=O) groups excluding carboxylic acids is 2. The maximum Gasteiger partial charge on any atom is 0.323 e. The third-order valence-electron chi connectivity index (χ3n) is 2.88. The molecular formula is C13H13N3O5. The number of rotatable bonds is 3. The van der Waals surface area contributed by atoms with Crippen molar-refractivity contribution >= 4 is 28.4 Å². The molecule has 8 heteroatoms. The van der Waals surface area contributed by atoms with Crippen LogP contribution in [0, 0.1) is 0 Å². The molecule has 0 aliphatic rings. The van der Waals surface area contributed by atoms with E-state index in [2.05, 4.69) is 4.98 Å². The average molecular weight is 291 g/mol. The minimum absolute atomic E-state index is 0.115. The van der Waals surface area contributed by atoms with Gasteiger partial charge in [0.2, 0.25) is 5.91 Å². The quantitative estimate of drug-likeness (QED) is 0.462. The van der Waals surface area contributed by atoms with Crippen molar-refractivity contribution in [1.29, 1.82) is 0 Å². The Morgan fingerprint density at radius 3 is 2.57 bits per heavy atom. The Kier molecular flexibility index (Phi) is 3.62. The van der Waals surface area contributed by atoms with Gasteiger partial charge in [0.15, 0.2) is 0 Å². The zero-order valence-electron chi connectivity index (χ0n) is 11.4. The first-order chi connectivity index (χ1) is 9.85. The van der Waals surface area contributed by atoms with E-state index < -0.39 is 29.2 Å². The number of ether oxygens (including phenoxy) is 1. The normalized spacial score (nSPS) is 10.6. The number of nitrogens with zero attached hydrogens (tertiary/aromatic N) is 1. The first kappa shape index (κ1) is 14.5. The number of H-pyrrole nitrogens is 1. The van der Waals surface area contributed by atoms with Gasteiger partial charge in [-0.25, -0.2) is 4.57 Å².